The zero-order valence-electron chi connectivity index (χ0n) is 19.1. The molecule has 11 heteroatoms. The molecule has 0 aliphatic carbocycles. The lowest BCUT2D eigenvalue weighted by Gasteiger charge is -2.20. The van der Waals surface area contributed by atoms with E-state index in [1.165, 1.54) is 28.8 Å². The number of anilines is 1. The van der Waals surface area contributed by atoms with Gasteiger partial charge in [-0.3, -0.25) is 9.36 Å². The lowest BCUT2D eigenvalue weighted by molar-refractivity contribution is -0.893. The summed E-state index contributed by atoms with van der Waals surface area (Å²) in [5.74, 6) is 0.263. The Bertz CT molecular complexity index is 1070. The molecule has 3 rings (SSSR count). The van der Waals surface area contributed by atoms with Crippen molar-refractivity contribution in [2.45, 2.75) is 37.4 Å². The number of amides is 1. The molecule has 1 heterocycles. The molecule has 0 saturated carbocycles. The largest absolute Gasteiger partial charge is 0.573 e. The van der Waals surface area contributed by atoms with Crippen molar-refractivity contribution in [1.29, 1.82) is 0 Å². The second-order valence-electron chi connectivity index (χ2n) is 7.86. The van der Waals surface area contributed by atoms with Crippen molar-refractivity contribution >= 4 is 23.4 Å². The van der Waals surface area contributed by atoms with Crippen molar-refractivity contribution in [3.05, 3.63) is 66.0 Å². The fraction of sp³-hybridized carbons (Fsp3) is 0.348. The number of quaternary nitrogens is 1. The van der Waals surface area contributed by atoms with E-state index < -0.39 is 6.36 Å². The molecular weight excluding hydrogens is 467 g/mol. The van der Waals surface area contributed by atoms with E-state index in [4.69, 9.17) is 0 Å². The van der Waals surface area contributed by atoms with Gasteiger partial charge in [0.15, 0.2) is 11.0 Å². The molecule has 182 valence electrons. The molecule has 34 heavy (non-hydrogen) atoms. The third kappa shape index (κ3) is 7.22. The highest BCUT2D eigenvalue weighted by Gasteiger charge is 2.31. The topological polar surface area (TPSA) is 73.5 Å². The second-order valence-corrected chi connectivity index (χ2v) is 8.80. The molecule has 2 N–H and O–H groups in total. The Hall–Kier alpha value is -3.05. The minimum Gasteiger partial charge on any atom is -0.406 e. The molecule has 7 nitrogen and oxygen atoms in total. The first-order valence-corrected chi connectivity index (χ1v) is 11.7. The lowest BCUT2D eigenvalue weighted by atomic mass is 10.2. The Morgan fingerprint density at radius 3 is 2.38 bits per heavy atom. The van der Waals surface area contributed by atoms with E-state index in [1.807, 2.05) is 34.9 Å². The first kappa shape index (κ1) is 25.6. The molecular formula is C23H27F3N5O2S+. The van der Waals surface area contributed by atoms with Crippen LogP contribution in [0.25, 0.3) is 0 Å². The van der Waals surface area contributed by atoms with E-state index in [1.54, 1.807) is 0 Å². The van der Waals surface area contributed by atoms with Crippen molar-refractivity contribution in [3.63, 3.8) is 0 Å². The van der Waals surface area contributed by atoms with Gasteiger partial charge < -0.3 is 15.0 Å². The molecule has 2 aromatic carbocycles. The van der Waals surface area contributed by atoms with Gasteiger partial charge in [0.1, 0.15) is 11.8 Å². The summed E-state index contributed by atoms with van der Waals surface area (Å²) in [6.07, 6.45) is -3.88. The Kier molecular flexibility index (Phi) is 8.56. The number of alkyl halides is 3. The Labute approximate surface area is 200 Å². The predicted octanol–water partition coefficient (Wildman–Crippen LogP) is 3.55. The number of carbonyl (C=O) groups excluding carboxylic acids is 1. The molecule has 0 saturated heterocycles. The van der Waals surface area contributed by atoms with Crippen LogP contribution in [-0.2, 0) is 11.3 Å². The number of nitrogens with zero attached hydrogens (tertiary/aromatic N) is 3. The smallest absolute Gasteiger partial charge is 0.406 e. The molecule has 3 aromatic rings. The number of benzene rings is 2. The van der Waals surface area contributed by atoms with Gasteiger partial charge in [-0.1, -0.05) is 49.0 Å². The average molecular weight is 495 g/mol. The van der Waals surface area contributed by atoms with Gasteiger partial charge in [0.05, 0.1) is 26.4 Å². The maximum atomic E-state index is 12.5. The van der Waals surface area contributed by atoms with E-state index in [0.717, 1.165) is 29.9 Å². The Morgan fingerprint density at radius 2 is 1.79 bits per heavy atom. The molecule has 0 radical (unpaired) electrons. The molecule has 0 aliphatic rings. The highest BCUT2D eigenvalue weighted by molar-refractivity contribution is 7.99. The average Bonchev–Trinajstić information content (AvgIpc) is 3.16. The van der Waals surface area contributed by atoms with Crippen LogP contribution in [0.4, 0.5) is 18.9 Å². The summed E-state index contributed by atoms with van der Waals surface area (Å²) in [6.45, 7) is 2.68. The number of hydrogen-bond acceptors (Lipinski definition) is 5. The monoisotopic (exact) mass is 494 g/mol. The summed E-state index contributed by atoms with van der Waals surface area (Å²) in [7, 11) is 4.14. The molecule has 0 bridgehead atoms. The third-order valence-electron chi connectivity index (χ3n) is 5.05. The number of rotatable bonds is 10. The van der Waals surface area contributed by atoms with Gasteiger partial charge in [-0.05, 0) is 29.8 Å². The van der Waals surface area contributed by atoms with Crippen LogP contribution in [0.15, 0.2) is 59.8 Å². The maximum absolute atomic E-state index is 12.5. The number of ether oxygens (including phenoxy) is 1. The van der Waals surface area contributed by atoms with E-state index in [2.05, 4.69) is 41.3 Å². The number of thioether (sulfide) groups is 1. The summed E-state index contributed by atoms with van der Waals surface area (Å²) in [5, 5.41) is 12.1. The van der Waals surface area contributed by atoms with E-state index in [9.17, 15) is 18.0 Å². The minimum atomic E-state index is -4.76. The maximum Gasteiger partial charge on any atom is 0.573 e. The second kappa shape index (κ2) is 11.4. The molecule has 0 spiro atoms. The highest BCUT2D eigenvalue weighted by atomic mass is 32.2. The minimum absolute atomic E-state index is 0.0688. The van der Waals surface area contributed by atoms with Crippen LogP contribution < -0.4 is 15.0 Å². The van der Waals surface area contributed by atoms with E-state index >= 15 is 0 Å². The molecule has 1 aromatic heterocycles. The number of halogens is 3. The van der Waals surface area contributed by atoms with Crippen LogP contribution >= 0.6 is 11.8 Å². The van der Waals surface area contributed by atoms with Crippen LogP contribution in [0.5, 0.6) is 5.75 Å². The van der Waals surface area contributed by atoms with Gasteiger partial charge >= 0.3 is 6.36 Å². The fourth-order valence-corrected chi connectivity index (χ4v) is 4.24. The zero-order chi connectivity index (χ0) is 24.7. The molecule has 1 atom stereocenters. The van der Waals surface area contributed by atoms with Crippen molar-refractivity contribution in [1.82, 2.24) is 14.8 Å². The normalized spacial score (nSPS) is 12.6. The molecule has 1 amide bonds. The third-order valence-corrected chi connectivity index (χ3v) is 6.02. The summed E-state index contributed by atoms with van der Waals surface area (Å²) >= 11 is 1.26. The first-order chi connectivity index (χ1) is 16.2. The first-order valence-electron chi connectivity index (χ1n) is 10.7. The van der Waals surface area contributed by atoms with E-state index in [-0.39, 0.29) is 23.5 Å². The SMILES string of the molecule is CC[C@H](c1nnc(SCC(=O)Nc2ccc(OC(F)(F)F)cc2)n1Cc1ccccc1)[NH+](C)C. The molecule has 0 unspecified atom stereocenters. The Balaban J connectivity index is 1.69. The van der Waals surface area contributed by atoms with Crippen LogP contribution in [-0.4, -0.2) is 46.9 Å². The summed E-state index contributed by atoms with van der Waals surface area (Å²) in [5.41, 5.74) is 1.47. The van der Waals surface area contributed by atoms with Gasteiger partial charge in [0.2, 0.25) is 5.91 Å². The van der Waals surface area contributed by atoms with Crippen molar-refractivity contribution in [3.8, 4) is 5.75 Å². The van der Waals surface area contributed by atoms with Crippen LogP contribution in [0.1, 0.15) is 30.8 Å². The van der Waals surface area contributed by atoms with Crippen LogP contribution in [0.2, 0.25) is 0 Å². The van der Waals surface area contributed by atoms with Crippen molar-refractivity contribution < 1.29 is 27.6 Å². The highest BCUT2D eigenvalue weighted by Crippen LogP contribution is 2.25. The quantitative estimate of drug-likeness (QED) is 0.422. The summed E-state index contributed by atoms with van der Waals surface area (Å²) in [4.78, 5) is 13.7. The van der Waals surface area contributed by atoms with Gasteiger partial charge in [0.25, 0.3) is 0 Å². The van der Waals surface area contributed by atoms with Crippen molar-refractivity contribution in [2.24, 2.45) is 0 Å². The Morgan fingerprint density at radius 1 is 1.12 bits per heavy atom. The van der Waals surface area contributed by atoms with Gasteiger partial charge in [-0.15, -0.1) is 23.4 Å². The number of hydrogen-bond donors (Lipinski definition) is 2. The number of nitrogens with one attached hydrogen (secondary N) is 2. The lowest BCUT2D eigenvalue weighted by Crippen LogP contribution is -3.06. The standard InChI is InChI=1S/C23H26F3N5O2S/c1-4-19(30(2)3)21-28-29-22(31(21)14-16-8-6-5-7-9-16)34-15-20(32)27-17-10-12-18(13-11-17)33-23(24,25)26/h5-13,19H,4,14-15H2,1-3H3,(H,27,32)/p+1/t19-/m1/s1. The predicted molar refractivity (Wildman–Crippen MR) is 124 cm³/mol. The van der Waals surface area contributed by atoms with Gasteiger partial charge in [-0.25, -0.2) is 0 Å². The van der Waals surface area contributed by atoms with Crippen LogP contribution in [0.3, 0.4) is 0 Å². The van der Waals surface area contributed by atoms with Gasteiger partial charge in [-0.2, -0.15) is 0 Å². The summed E-state index contributed by atoms with van der Waals surface area (Å²) < 4.78 is 42.8. The van der Waals surface area contributed by atoms with E-state index in [0.29, 0.717) is 17.4 Å². The number of aromatic nitrogens is 3. The van der Waals surface area contributed by atoms with Crippen LogP contribution in [0, 0.1) is 0 Å². The number of carbonyl (C=O) groups is 1. The fourth-order valence-electron chi connectivity index (χ4n) is 3.50. The van der Waals surface area contributed by atoms with Gasteiger partial charge in [0, 0.05) is 12.1 Å². The zero-order valence-corrected chi connectivity index (χ0v) is 19.9. The molecule has 0 aliphatic heterocycles. The van der Waals surface area contributed by atoms with Crippen molar-refractivity contribution in [2.75, 3.05) is 25.2 Å². The molecule has 0 fully saturated rings. The summed E-state index contributed by atoms with van der Waals surface area (Å²) in [6, 6.07) is 15.1.